The summed E-state index contributed by atoms with van der Waals surface area (Å²) in [5, 5.41) is 19.8. The number of aliphatic hydroxyl groups excluding tert-OH is 1. The number of carbonyl (C=O) groups excluding carboxylic acids is 1. The Morgan fingerprint density at radius 2 is 1.85 bits per heavy atom. The van der Waals surface area contributed by atoms with E-state index in [2.05, 4.69) is 5.32 Å². The minimum atomic E-state index is -1.58. The molecule has 3 N–H and O–H groups in total. The third-order valence-corrected chi connectivity index (χ3v) is 2.57. The third kappa shape index (κ3) is 5.71. The maximum absolute atomic E-state index is 11.4. The highest BCUT2D eigenvalue weighted by atomic mass is 16.5. The van der Waals surface area contributed by atoms with Gasteiger partial charge in [0.15, 0.2) is 6.10 Å². The zero-order valence-electron chi connectivity index (χ0n) is 11.5. The number of carboxylic acid groups (broad SMARTS) is 1. The van der Waals surface area contributed by atoms with Gasteiger partial charge in [-0.05, 0) is 37.1 Å². The van der Waals surface area contributed by atoms with Gasteiger partial charge in [0.1, 0.15) is 5.75 Å². The van der Waals surface area contributed by atoms with Gasteiger partial charge >= 0.3 is 5.97 Å². The van der Waals surface area contributed by atoms with E-state index in [4.69, 9.17) is 14.9 Å². The summed E-state index contributed by atoms with van der Waals surface area (Å²) in [5.74, 6) is -1.03. The zero-order valence-corrected chi connectivity index (χ0v) is 11.5. The fraction of sp³-hybridized carbons (Fsp3) is 0.429. The van der Waals surface area contributed by atoms with E-state index >= 15 is 0 Å². The summed E-state index contributed by atoms with van der Waals surface area (Å²) in [6.45, 7) is 3.80. The molecule has 1 aromatic carbocycles. The Bertz CT molecular complexity index is 466. The van der Waals surface area contributed by atoms with E-state index in [1.165, 1.54) is 0 Å². The lowest BCUT2D eigenvalue weighted by atomic mass is 10.1. The molecule has 0 spiro atoms. The molecule has 1 aromatic rings. The first-order valence-corrected chi connectivity index (χ1v) is 6.27. The zero-order chi connectivity index (χ0) is 15.1. The smallest absolute Gasteiger partial charge is 0.334 e. The number of hydrogen-bond acceptors (Lipinski definition) is 4. The number of nitrogens with one attached hydrogen (secondary N) is 1. The van der Waals surface area contributed by atoms with Crippen LogP contribution in [0.2, 0.25) is 0 Å². The Morgan fingerprint density at radius 3 is 2.40 bits per heavy atom. The average molecular weight is 281 g/mol. The van der Waals surface area contributed by atoms with Crippen LogP contribution in [0, 0.1) is 13.8 Å². The summed E-state index contributed by atoms with van der Waals surface area (Å²) in [6.07, 6.45) is -1.49. The van der Waals surface area contributed by atoms with Gasteiger partial charge in [-0.2, -0.15) is 0 Å². The number of amides is 1. The lowest BCUT2D eigenvalue weighted by Gasteiger charge is -2.10. The van der Waals surface area contributed by atoms with Crippen LogP contribution in [-0.2, 0) is 9.59 Å². The number of aryl methyl sites for hydroxylation is 2. The number of aliphatic carboxylic acids is 1. The minimum Gasteiger partial charge on any atom is -0.493 e. The van der Waals surface area contributed by atoms with Gasteiger partial charge in [0.05, 0.1) is 19.6 Å². The normalized spacial score (nSPS) is 11.8. The van der Waals surface area contributed by atoms with Crippen molar-refractivity contribution in [2.24, 2.45) is 0 Å². The van der Waals surface area contributed by atoms with Gasteiger partial charge in [-0.25, -0.2) is 4.79 Å². The SMILES string of the molecule is Cc1cc(C)cc(OCCC(=O)NCC(O)C(=O)O)c1. The monoisotopic (exact) mass is 281 g/mol. The molecule has 110 valence electrons. The van der Waals surface area contributed by atoms with Crippen LogP contribution in [0.5, 0.6) is 5.75 Å². The first-order valence-electron chi connectivity index (χ1n) is 6.27. The molecule has 0 aliphatic rings. The van der Waals surface area contributed by atoms with E-state index in [1.807, 2.05) is 32.0 Å². The van der Waals surface area contributed by atoms with Crippen LogP contribution in [0.3, 0.4) is 0 Å². The number of benzene rings is 1. The van der Waals surface area contributed by atoms with Gasteiger partial charge in [0.2, 0.25) is 5.91 Å². The van der Waals surface area contributed by atoms with Crippen LogP contribution in [0.25, 0.3) is 0 Å². The molecule has 0 aromatic heterocycles. The Hall–Kier alpha value is -2.08. The number of rotatable bonds is 7. The quantitative estimate of drug-likeness (QED) is 0.681. The molecule has 0 saturated carbocycles. The van der Waals surface area contributed by atoms with Gasteiger partial charge in [-0.1, -0.05) is 6.07 Å². The molecule has 1 rings (SSSR count). The molecule has 0 aliphatic heterocycles. The molecule has 0 bridgehead atoms. The van der Waals surface area contributed by atoms with E-state index in [9.17, 15) is 9.59 Å². The van der Waals surface area contributed by atoms with E-state index < -0.39 is 12.1 Å². The van der Waals surface area contributed by atoms with Crippen molar-refractivity contribution in [1.29, 1.82) is 0 Å². The molecule has 1 unspecified atom stereocenters. The van der Waals surface area contributed by atoms with E-state index in [0.717, 1.165) is 11.1 Å². The third-order valence-electron chi connectivity index (χ3n) is 2.57. The van der Waals surface area contributed by atoms with Gasteiger partial charge < -0.3 is 20.3 Å². The predicted octanol–water partition coefficient (Wildman–Crippen LogP) is 0.634. The van der Waals surface area contributed by atoms with Gasteiger partial charge in [-0.3, -0.25) is 4.79 Å². The van der Waals surface area contributed by atoms with Crippen LogP contribution in [-0.4, -0.2) is 41.3 Å². The lowest BCUT2D eigenvalue weighted by molar-refractivity contribution is -0.146. The van der Waals surface area contributed by atoms with Crippen molar-refractivity contribution in [2.45, 2.75) is 26.4 Å². The molecular formula is C14H19NO5. The first-order chi connectivity index (χ1) is 9.38. The molecule has 0 radical (unpaired) electrons. The fourth-order valence-electron chi connectivity index (χ4n) is 1.66. The first kappa shape index (κ1) is 16.0. The van der Waals surface area contributed by atoms with Crippen molar-refractivity contribution in [2.75, 3.05) is 13.2 Å². The summed E-state index contributed by atoms with van der Waals surface area (Å²) in [4.78, 5) is 21.7. The molecule has 0 heterocycles. The summed E-state index contributed by atoms with van der Waals surface area (Å²) < 4.78 is 5.45. The van der Waals surface area contributed by atoms with Crippen molar-refractivity contribution in [3.63, 3.8) is 0 Å². The summed E-state index contributed by atoms with van der Waals surface area (Å²) in [5.41, 5.74) is 2.16. The second kappa shape index (κ2) is 7.49. The Labute approximate surface area is 117 Å². The average Bonchev–Trinajstić information content (AvgIpc) is 2.34. The molecule has 0 saturated heterocycles. The van der Waals surface area contributed by atoms with Crippen molar-refractivity contribution in [1.82, 2.24) is 5.32 Å². The standard InChI is InChI=1S/C14H19NO5/c1-9-5-10(2)7-11(6-9)20-4-3-13(17)15-8-12(16)14(18)19/h5-7,12,16H,3-4,8H2,1-2H3,(H,15,17)(H,18,19). The second-order valence-electron chi connectivity index (χ2n) is 4.58. The van der Waals surface area contributed by atoms with Crippen LogP contribution in [0.4, 0.5) is 0 Å². The molecular weight excluding hydrogens is 262 g/mol. The number of carbonyl (C=O) groups is 2. The van der Waals surface area contributed by atoms with Crippen LogP contribution < -0.4 is 10.1 Å². The minimum absolute atomic E-state index is 0.0966. The summed E-state index contributed by atoms with van der Waals surface area (Å²) in [7, 11) is 0. The molecule has 0 fully saturated rings. The van der Waals surface area contributed by atoms with Crippen LogP contribution >= 0.6 is 0 Å². The van der Waals surface area contributed by atoms with E-state index in [0.29, 0.717) is 5.75 Å². The number of hydrogen-bond donors (Lipinski definition) is 3. The Kier molecular flexibility index (Phi) is 5.99. The Balaban J connectivity index is 2.30. The number of carboxylic acids is 1. The summed E-state index contributed by atoms with van der Waals surface area (Å²) in [6, 6.07) is 5.77. The fourth-order valence-corrected chi connectivity index (χ4v) is 1.66. The maximum Gasteiger partial charge on any atom is 0.334 e. The largest absolute Gasteiger partial charge is 0.493 e. The van der Waals surface area contributed by atoms with Crippen LogP contribution in [0.15, 0.2) is 18.2 Å². The molecule has 6 nitrogen and oxygen atoms in total. The van der Waals surface area contributed by atoms with Gasteiger partial charge in [0, 0.05) is 0 Å². The van der Waals surface area contributed by atoms with E-state index in [-0.39, 0.29) is 25.5 Å². The molecule has 0 aliphatic carbocycles. The highest BCUT2D eigenvalue weighted by Crippen LogP contribution is 2.16. The second-order valence-corrected chi connectivity index (χ2v) is 4.58. The molecule has 1 amide bonds. The Morgan fingerprint density at radius 1 is 1.25 bits per heavy atom. The van der Waals surface area contributed by atoms with Crippen molar-refractivity contribution >= 4 is 11.9 Å². The van der Waals surface area contributed by atoms with Crippen LogP contribution in [0.1, 0.15) is 17.5 Å². The van der Waals surface area contributed by atoms with Crippen molar-refractivity contribution in [3.05, 3.63) is 29.3 Å². The van der Waals surface area contributed by atoms with Gasteiger partial charge in [-0.15, -0.1) is 0 Å². The molecule has 1 atom stereocenters. The van der Waals surface area contributed by atoms with Gasteiger partial charge in [0.25, 0.3) is 0 Å². The van der Waals surface area contributed by atoms with Crippen molar-refractivity contribution in [3.8, 4) is 5.75 Å². The number of aliphatic hydroxyl groups is 1. The topological polar surface area (TPSA) is 95.9 Å². The maximum atomic E-state index is 11.4. The molecule has 6 heteroatoms. The molecule has 20 heavy (non-hydrogen) atoms. The predicted molar refractivity (Wildman–Crippen MR) is 72.7 cm³/mol. The number of ether oxygens (including phenoxy) is 1. The van der Waals surface area contributed by atoms with Crippen molar-refractivity contribution < 1.29 is 24.5 Å². The highest BCUT2D eigenvalue weighted by molar-refractivity contribution is 5.78. The summed E-state index contributed by atoms with van der Waals surface area (Å²) >= 11 is 0. The lowest BCUT2D eigenvalue weighted by Crippen LogP contribution is -2.36. The van der Waals surface area contributed by atoms with E-state index in [1.54, 1.807) is 0 Å². The highest BCUT2D eigenvalue weighted by Gasteiger charge is 2.13.